The number of ether oxygens (including phenoxy) is 2. The van der Waals surface area contributed by atoms with Crippen LogP contribution in [0.15, 0.2) is 42.7 Å². The van der Waals surface area contributed by atoms with Crippen molar-refractivity contribution >= 4 is 5.65 Å². The van der Waals surface area contributed by atoms with Crippen LogP contribution in [0, 0.1) is 0 Å². The molecule has 0 unspecified atom stereocenters. The van der Waals surface area contributed by atoms with Crippen molar-refractivity contribution in [2.75, 3.05) is 13.2 Å². The van der Waals surface area contributed by atoms with Crippen LogP contribution in [0.5, 0.6) is 11.5 Å². The Labute approximate surface area is 109 Å². The van der Waals surface area contributed by atoms with Crippen LogP contribution >= 0.6 is 0 Å². The summed E-state index contributed by atoms with van der Waals surface area (Å²) >= 11 is 0. The Bertz CT molecular complexity index is 751. The zero-order valence-corrected chi connectivity index (χ0v) is 10.1. The molecule has 0 saturated carbocycles. The van der Waals surface area contributed by atoms with Gasteiger partial charge in [0.2, 0.25) is 0 Å². The number of imidazole rings is 1. The largest absolute Gasteiger partial charge is 0.486 e. The molecule has 3 aromatic rings. The molecular weight excluding hydrogens is 242 g/mol. The van der Waals surface area contributed by atoms with Gasteiger partial charge in [0.15, 0.2) is 17.1 Å². The van der Waals surface area contributed by atoms with E-state index in [4.69, 9.17) is 9.47 Å². The number of rotatable bonds is 1. The van der Waals surface area contributed by atoms with Gasteiger partial charge >= 0.3 is 0 Å². The summed E-state index contributed by atoms with van der Waals surface area (Å²) in [4.78, 5) is 4.34. The van der Waals surface area contributed by atoms with Gasteiger partial charge in [0.25, 0.3) is 0 Å². The smallest absolute Gasteiger partial charge is 0.162 e. The van der Waals surface area contributed by atoms with Gasteiger partial charge in [-0.05, 0) is 30.3 Å². The molecule has 1 aromatic carbocycles. The van der Waals surface area contributed by atoms with Crippen molar-refractivity contribution in [2.24, 2.45) is 0 Å². The number of aromatic nitrogens is 3. The van der Waals surface area contributed by atoms with Crippen LogP contribution < -0.4 is 9.47 Å². The minimum Gasteiger partial charge on any atom is -0.486 e. The zero-order chi connectivity index (χ0) is 12.7. The Hall–Kier alpha value is -2.56. The highest BCUT2D eigenvalue weighted by atomic mass is 16.6. The first-order chi connectivity index (χ1) is 9.42. The maximum atomic E-state index is 5.60. The predicted molar refractivity (Wildman–Crippen MR) is 69.4 cm³/mol. The molecule has 0 radical (unpaired) electrons. The summed E-state index contributed by atoms with van der Waals surface area (Å²) in [6.07, 6.45) is 3.56. The van der Waals surface area contributed by atoms with Gasteiger partial charge in [0.05, 0.1) is 11.9 Å². The minimum atomic E-state index is 0.585. The lowest BCUT2D eigenvalue weighted by atomic mass is 10.1. The maximum Gasteiger partial charge on any atom is 0.162 e. The van der Waals surface area contributed by atoms with E-state index in [0.717, 1.165) is 28.4 Å². The molecule has 1 aliphatic rings. The predicted octanol–water partition coefficient (Wildman–Crippen LogP) is 2.17. The van der Waals surface area contributed by atoms with Crippen molar-refractivity contribution < 1.29 is 9.47 Å². The van der Waals surface area contributed by atoms with Crippen molar-refractivity contribution in [3.63, 3.8) is 0 Å². The minimum absolute atomic E-state index is 0.585. The summed E-state index contributed by atoms with van der Waals surface area (Å²) in [6, 6.07) is 9.68. The fraction of sp³-hybridized carbons (Fsp3) is 0.143. The fourth-order valence-electron chi connectivity index (χ4n) is 2.23. The standard InChI is InChI=1S/C14H11N3O2/c1-2-14-15-9-11(17(14)16-5-1)10-3-4-12-13(8-10)19-7-6-18-12/h1-5,8-9H,6-7H2. The summed E-state index contributed by atoms with van der Waals surface area (Å²) in [5.41, 5.74) is 2.77. The van der Waals surface area contributed by atoms with Crippen molar-refractivity contribution in [1.82, 2.24) is 14.6 Å². The Kier molecular flexibility index (Phi) is 2.17. The molecule has 5 nitrogen and oxygen atoms in total. The lowest BCUT2D eigenvalue weighted by molar-refractivity contribution is 0.171. The monoisotopic (exact) mass is 253 g/mol. The van der Waals surface area contributed by atoms with E-state index in [9.17, 15) is 0 Å². The second-order valence-corrected chi connectivity index (χ2v) is 4.30. The first-order valence-corrected chi connectivity index (χ1v) is 6.10. The van der Waals surface area contributed by atoms with Gasteiger partial charge in [-0.1, -0.05) is 0 Å². The summed E-state index contributed by atoms with van der Waals surface area (Å²) in [5, 5.41) is 4.31. The number of nitrogens with zero attached hydrogens (tertiary/aromatic N) is 3. The third-order valence-electron chi connectivity index (χ3n) is 3.12. The number of fused-ring (bicyclic) bond motifs is 2. The van der Waals surface area contributed by atoms with Crippen LogP contribution in [-0.4, -0.2) is 27.8 Å². The summed E-state index contributed by atoms with van der Waals surface area (Å²) in [7, 11) is 0. The Morgan fingerprint density at radius 2 is 1.95 bits per heavy atom. The van der Waals surface area contributed by atoms with Gasteiger partial charge in [-0.15, -0.1) is 0 Å². The summed E-state index contributed by atoms with van der Waals surface area (Å²) in [6.45, 7) is 1.19. The molecule has 0 saturated heterocycles. The average Bonchev–Trinajstić information content (AvgIpc) is 2.91. The molecule has 94 valence electrons. The third-order valence-corrected chi connectivity index (χ3v) is 3.12. The molecule has 0 spiro atoms. The molecule has 1 aliphatic heterocycles. The highest BCUT2D eigenvalue weighted by Crippen LogP contribution is 2.34. The van der Waals surface area contributed by atoms with Gasteiger partial charge < -0.3 is 9.47 Å². The number of hydrogen-bond acceptors (Lipinski definition) is 4. The van der Waals surface area contributed by atoms with Gasteiger partial charge in [0.1, 0.15) is 13.2 Å². The number of hydrogen-bond donors (Lipinski definition) is 0. The van der Waals surface area contributed by atoms with Gasteiger partial charge in [-0.25, -0.2) is 9.50 Å². The van der Waals surface area contributed by atoms with Crippen LogP contribution in [0.2, 0.25) is 0 Å². The molecule has 5 heteroatoms. The molecular formula is C14H11N3O2. The summed E-state index contributed by atoms with van der Waals surface area (Å²) in [5.74, 6) is 1.56. The van der Waals surface area contributed by atoms with E-state index in [1.807, 2.05) is 41.0 Å². The van der Waals surface area contributed by atoms with Gasteiger partial charge in [-0.3, -0.25) is 0 Å². The average molecular weight is 253 g/mol. The first-order valence-electron chi connectivity index (χ1n) is 6.10. The molecule has 0 amide bonds. The van der Waals surface area contributed by atoms with Crippen LogP contribution in [0.25, 0.3) is 16.9 Å². The SMILES string of the molecule is c1cnn2c(-c3ccc4c(c3)OCCO4)cnc2c1. The van der Waals surface area contributed by atoms with Crippen LogP contribution in [0.3, 0.4) is 0 Å². The topological polar surface area (TPSA) is 48.7 Å². The van der Waals surface area contributed by atoms with Crippen LogP contribution in [-0.2, 0) is 0 Å². The lowest BCUT2D eigenvalue weighted by Gasteiger charge is -2.18. The molecule has 19 heavy (non-hydrogen) atoms. The molecule has 0 fully saturated rings. The van der Waals surface area contributed by atoms with Crippen molar-refractivity contribution in [1.29, 1.82) is 0 Å². The fourth-order valence-corrected chi connectivity index (χ4v) is 2.23. The molecule has 4 rings (SSSR count). The Balaban J connectivity index is 1.88. The van der Waals surface area contributed by atoms with E-state index in [1.165, 1.54) is 0 Å². The van der Waals surface area contributed by atoms with Crippen molar-refractivity contribution in [3.05, 3.63) is 42.7 Å². The molecule has 0 atom stereocenters. The second kappa shape index (κ2) is 3.98. The van der Waals surface area contributed by atoms with Crippen LogP contribution in [0.4, 0.5) is 0 Å². The molecule has 0 bridgehead atoms. The Morgan fingerprint density at radius 3 is 2.89 bits per heavy atom. The molecule has 3 heterocycles. The van der Waals surface area contributed by atoms with E-state index in [2.05, 4.69) is 10.1 Å². The maximum absolute atomic E-state index is 5.60. The normalized spacial score (nSPS) is 13.7. The second-order valence-electron chi connectivity index (χ2n) is 4.30. The third kappa shape index (κ3) is 1.62. The molecule has 0 N–H and O–H groups in total. The van der Waals surface area contributed by atoms with Gasteiger partial charge in [-0.2, -0.15) is 5.10 Å². The van der Waals surface area contributed by atoms with E-state index in [-0.39, 0.29) is 0 Å². The van der Waals surface area contributed by atoms with Crippen LogP contribution in [0.1, 0.15) is 0 Å². The summed E-state index contributed by atoms with van der Waals surface area (Å²) < 4.78 is 12.9. The zero-order valence-electron chi connectivity index (χ0n) is 10.1. The van der Waals surface area contributed by atoms with E-state index < -0.39 is 0 Å². The van der Waals surface area contributed by atoms with E-state index in [0.29, 0.717) is 13.2 Å². The highest BCUT2D eigenvalue weighted by molar-refractivity contribution is 5.66. The van der Waals surface area contributed by atoms with Crippen molar-refractivity contribution in [2.45, 2.75) is 0 Å². The quantitative estimate of drug-likeness (QED) is 0.667. The van der Waals surface area contributed by atoms with Crippen molar-refractivity contribution in [3.8, 4) is 22.8 Å². The molecule has 0 aliphatic carbocycles. The molecule has 2 aromatic heterocycles. The van der Waals surface area contributed by atoms with E-state index >= 15 is 0 Å². The first kappa shape index (κ1) is 10.4. The lowest BCUT2D eigenvalue weighted by Crippen LogP contribution is -2.15. The Morgan fingerprint density at radius 1 is 1.05 bits per heavy atom. The van der Waals surface area contributed by atoms with Gasteiger partial charge in [0, 0.05) is 11.8 Å². The van der Waals surface area contributed by atoms with E-state index in [1.54, 1.807) is 6.20 Å². The number of benzene rings is 1. The highest BCUT2D eigenvalue weighted by Gasteiger charge is 2.14.